The van der Waals surface area contributed by atoms with E-state index in [9.17, 15) is 0 Å². The highest BCUT2D eigenvalue weighted by Gasteiger charge is 2.28. The molecule has 0 fully saturated rings. The SMILES string of the molecule is CC(C)(C)c1c[nH]c(=S)n1C(C)(C)CCc1ccccc1. The van der Waals surface area contributed by atoms with Crippen LogP contribution in [0.15, 0.2) is 36.5 Å². The normalized spacial score (nSPS) is 12.6. The Morgan fingerprint density at radius 3 is 2.24 bits per heavy atom. The van der Waals surface area contributed by atoms with Gasteiger partial charge in [-0.1, -0.05) is 51.1 Å². The lowest BCUT2D eigenvalue weighted by Gasteiger charge is -2.33. The highest BCUT2D eigenvalue weighted by atomic mass is 32.1. The van der Waals surface area contributed by atoms with Crippen molar-refractivity contribution in [3.8, 4) is 0 Å². The fourth-order valence-electron chi connectivity index (χ4n) is 2.73. The van der Waals surface area contributed by atoms with Crippen molar-refractivity contribution < 1.29 is 0 Å². The van der Waals surface area contributed by atoms with Gasteiger partial charge in [-0.05, 0) is 44.5 Å². The first-order valence-electron chi connectivity index (χ1n) is 7.57. The van der Waals surface area contributed by atoms with Crippen molar-refractivity contribution in [2.24, 2.45) is 0 Å². The molecule has 114 valence electrons. The maximum absolute atomic E-state index is 5.53. The lowest BCUT2D eigenvalue weighted by Crippen LogP contribution is -2.32. The standard InChI is InChI=1S/C18H26N2S/c1-17(2,3)15-13-19-16(21)20(15)18(4,5)12-11-14-9-7-6-8-10-14/h6-10,13H,11-12H2,1-5H3,(H,19,21). The molecule has 0 aliphatic carbocycles. The van der Waals surface area contributed by atoms with E-state index < -0.39 is 0 Å². The average molecular weight is 302 g/mol. The molecule has 0 radical (unpaired) electrons. The molecule has 21 heavy (non-hydrogen) atoms. The first kappa shape index (κ1) is 16.0. The number of aryl methyl sites for hydroxylation is 1. The Morgan fingerprint density at radius 2 is 1.67 bits per heavy atom. The number of H-pyrrole nitrogens is 1. The van der Waals surface area contributed by atoms with Gasteiger partial charge in [0.15, 0.2) is 4.77 Å². The Morgan fingerprint density at radius 1 is 1.05 bits per heavy atom. The zero-order valence-electron chi connectivity index (χ0n) is 13.7. The molecule has 1 N–H and O–H groups in total. The number of benzene rings is 1. The van der Waals surface area contributed by atoms with Crippen molar-refractivity contribution in [3.63, 3.8) is 0 Å². The van der Waals surface area contributed by atoms with E-state index in [1.807, 2.05) is 0 Å². The van der Waals surface area contributed by atoms with Crippen LogP contribution in [-0.4, -0.2) is 9.55 Å². The second-order valence-corrected chi connectivity index (χ2v) is 7.75. The molecular formula is C18H26N2S. The molecular weight excluding hydrogens is 276 g/mol. The third kappa shape index (κ3) is 3.65. The van der Waals surface area contributed by atoms with Crippen LogP contribution in [0.2, 0.25) is 0 Å². The maximum atomic E-state index is 5.53. The number of aromatic nitrogens is 2. The Labute approximate surface area is 133 Å². The van der Waals surface area contributed by atoms with Crippen LogP contribution in [0.4, 0.5) is 0 Å². The predicted octanol–water partition coefficient (Wildman–Crippen LogP) is 5.21. The van der Waals surface area contributed by atoms with Gasteiger partial charge in [0.2, 0.25) is 0 Å². The minimum absolute atomic E-state index is 0.00443. The van der Waals surface area contributed by atoms with Gasteiger partial charge < -0.3 is 9.55 Å². The molecule has 0 unspecified atom stereocenters. The van der Waals surface area contributed by atoms with E-state index >= 15 is 0 Å². The van der Waals surface area contributed by atoms with Crippen molar-refractivity contribution in [1.29, 1.82) is 0 Å². The number of hydrogen-bond acceptors (Lipinski definition) is 1. The molecule has 0 aliphatic rings. The van der Waals surface area contributed by atoms with E-state index in [1.165, 1.54) is 11.3 Å². The molecule has 0 saturated carbocycles. The van der Waals surface area contributed by atoms with Crippen LogP contribution in [0.1, 0.15) is 52.3 Å². The van der Waals surface area contributed by atoms with E-state index in [1.54, 1.807) is 0 Å². The first-order chi connectivity index (χ1) is 9.72. The van der Waals surface area contributed by atoms with Gasteiger partial charge >= 0.3 is 0 Å². The minimum atomic E-state index is -0.00443. The number of hydrogen-bond donors (Lipinski definition) is 1. The first-order valence-corrected chi connectivity index (χ1v) is 7.98. The zero-order chi connectivity index (χ0) is 15.7. The van der Waals surface area contributed by atoms with Crippen molar-refractivity contribution >= 4 is 12.2 Å². The largest absolute Gasteiger partial charge is 0.337 e. The van der Waals surface area contributed by atoms with Crippen molar-refractivity contribution in [1.82, 2.24) is 9.55 Å². The van der Waals surface area contributed by atoms with Gasteiger partial charge in [-0.3, -0.25) is 0 Å². The number of nitrogens with zero attached hydrogens (tertiary/aromatic N) is 1. The lowest BCUT2D eigenvalue weighted by atomic mass is 9.89. The molecule has 0 bridgehead atoms. The highest BCUT2D eigenvalue weighted by Crippen LogP contribution is 2.30. The Hall–Kier alpha value is -1.35. The van der Waals surface area contributed by atoms with Crippen LogP contribution in [0.5, 0.6) is 0 Å². The smallest absolute Gasteiger partial charge is 0.177 e. The molecule has 0 aliphatic heterocycles. The van der Waals surface area contributed by atoms with Gasteiger partial charge in [0.25, 0.3) is 0 Å². The summed E-state index contributed by atoms with van der Waals surface area (Å²) in [5, 5.41) is 0. The number of imidazole rings is 1. The summed E-state index contributed by atoms with van der Waals surface area (Å²) in [6, 6.07) is 10.7. The van der Waals surface area contributed by atoms with E-state index in [0.29, 0.717) is 0 Å². The van der Waals surface area contributed by atoms with Crippen LogP contribution in [-0.2, 0) is 17.4 Å². The van der Waals surface area contributed by atoms with Crippen LogP contribution >= 0.6 is 12.2 Å². The lowest BCUT2D eigenvalue weighted by molar-refractivity contribution is 0.300. The summed E-state index contributed by atoms with van der Waals surface area (Å²) < 4.78 is 3.11. The number of aromatic amines is 1. The highest BCUT2D eigenvalue weighted by molar-refractivity contribution is 7.71. The molecule has 1 aromatic carbocycles. The quantitative estimate of drug-likeness (QED) is 0.769. The van der Waals surface area contributed by atoms with Crippen LogP contribution < -0.4 is 0 Å². The monoisotopic (exact) mass is 302 g/mol. The topological polar surface area (TPSA) is 20.7 Å². The molecule has 0 saturated heterocycles. The Kier molecular flexibility index (Phi) is 4.43. The number of rotatable bonds is 4. The predicted molar refractivity (Wildman–Crippen MR) is 92.4 cm³/mol. The maximum Gasteiger partial charge on any atom is 0.177 e. The van der Waals surface area contributed by atoms with E-state index in [2.05, 4.69) is 80.7 Å². The summed E-state index contributed by atoms with van der Waals surface area (Å²) in [6.45, 7) is 11.2. The third-order valence-corrected chi connectivity index (χ3v) is 4.32. The molecule has 0 spiro atoms. The van der Waals surface area contributed by atoms with Gasteiger partial charge in [-0.25, -0.2) is 0 Å². The minimum Gasteiger partial charge on any atom is -0.337 e. The molecule has 3 heteroatoms. The number of nitrogens with one attached hydrogen (secondary N) is 1. The molecule has 0 atom stereocenters. The molecule has 1 heterocycles. The molecule has 2 aromatic rings. The second-order valence-electron chi connectivity index (χ2n) is 7.36. The fraction of sp³-hybridized carbons (Fsp3) is 0.500. The summed E-state index contributed by atoms with van der Waals surface area (Å²) >= 11 is 5.53. The van der Waals surface area contributed by atoms with Gasteiger partial charge in [0.05, 0.1) is 0 Å². The fourth-order valence-corrected chi connectivity index (χ4v) is 3.13. The summed E-state index contributed by atoms with van der Waals surface area (Å²) in [5.74, 6) is 0. The van der Waals surface area contributed by atoms with E-state index in [-0.39, 0.29) is 11.0 Å². The molecule has 0 amide bonds. The van der Waals surface area contributed by atoms with Crippen molar-refractivity contribution in [2.75, 3.05) is 0 Å². The van der Waals surface area contributed by atoms with Gasteiger partial charge in [-0.15, -0.1) is 0 Å². The summed E-state index contributed by atoms with van der Waals surface area (Å²) in [6.07, 6.45) is 4.18. The van der Waals surface area contributed by atoms with Crippen molar-refractivity contribution in [3.05, 3.63) is 52.6 Å². The molecule has 2 rings (SSSR count). The Bertz CT molecular complexity index is 642. The summed E-state index contributed by atoms with van der Waals surface area (Å²) in [7, 11) is 0. The zero-order valence-corrected chi connectivity index (χ0v) is 14.6. The molecule has 1 aromatic heterocycles. The summed E-state index contributed by atoms with van der Waals surface area (Å²) in [4.78, 5) is 3.23. The van der Waals surface area contributed by atoms with Crippen LogP contribution in [0.25, 0.3) is 0 Å². The van der Waals surface area contributed by atoms with Crippen LogP contribution in [0, 0.1) is 4.77 Å². The third-order valence-electron chi connectivity index (χ3n) is 4.02. The van der Waals surface area contributed by atoms with Gasteiger partial charge in [0, 0.05) is 22.8 Å². The van der Waals surface area contributed by atoms with E-state index in [0.717, 1.165) is 17.6 Å². The van der Waals surface area contributed by atoms with Gasteiger partial charge in [-0.2, -0.15) is 0 Å². The Balaban J connectivity index is 2.28. The second kappa shape index (κ2) is 5.80. The van der Waals surface area contributed by atoms with Crippen LogP contribution in [0.3, 0.4) is 0 Å². The van der Waals surface area contributed by atoms with E-state index in [4.69, 9.17) is 12.2 Å². The van der Waals surface area contributed by atoms with Crippen molar-refractivity contribution in [2.45, 2.75) is 58.4 Å². The average Bonchev–Trinajstić information content (AvgIpc) is 2.80. The van der Waals surface area contributed by atoms with Gasteiger partial charge in [0.1, 0.15) is 0 Å². The molecule has 2 nitrogen and oxygen atoms in total. The summed E-state index contributed by atoms with van der Waals surface area (Å²) in [5.41, 5.74) is 2.73.